The van der Waals surface area contributed by atoms with Gasteiger partial charge in [-0.15, -0.1) is 0 Å². The van der Waals surface area contributed by atoms with Crippen molar-refractivity contribution in [1.82, 2.24) is 9.88 Å². The third-order valence-electron chi connectivity index (χ3n) is 6.20. The topological polar surface area (TPSA) is 72.7 Å². The summed E-state index contributed by atoms with van der Waals surface area (Å²) in [6, 6.07) is 23.7. The maximum absolute atomic E-state index is 12.5. The summed E-state index contributed by atoms with van der Waals surface area (Å²) in [4.78, 5) is 12.5. The summed E-state index contributed by atoms with van der Waals surface area (Å²) in [5.74, 6) is 0.813. The van der Waals surface area contributed by atoms with E-state index in [9.17, 15) is 9.90 Å². The highest BCUT2D eigenvalue weighted by atomic mass is 16.5. The highest BCUT2D eigenvalue weighted by Crippen LogP contribution is 2.31. The Hall–Kier alpha value is -3.77. The Morgan fingerprint density at radius 1 is 0.971 bits per heavy atom. The van der Waals surface area contributed by atoms with E-state index in [2.05, 4.69) is 24.4 Å². The number of hydrogen-bond acceptors (Lipinski definition) is 4. The molecule has 0 aliphatic heterocycles. The molecule has 1 atom stereocenters. The molecule has 6 heteroatoms. The van der Waals surface area contributed by atoms with E-state index >= 15 is 0 Å². The maximum atomic E-state index is 12.5. The van der Waals surface area contributed by atoms with E-state index < -0.39 is 5.97 Å². The quantitative estimate of drug-likeness (QED) is 0.337. The highest BCUT2D eigenvalue weighted by Gasteiger charge is 2.23. The Balaban J connectivity index is 1.68. The van der Waals surface area contributed by atoms with Crippen LogP contribution in [0, 0.1) is 0 Å². The average molecular weight is 459 g/mol. The predicted molar refractivity (Wildman–Crippen MR) is 134 cm³/mol. The molecule has 0 aliphatic rings. The van der Waals surface area contributed by atoms with Crippen LogP contribution in [0.5, 0.6) is 11.5 Å². The molecule has 34 heavy (non-hydrogen) atoms. The Labute approximate surface area is 199 Å². The summed E-state index contributed by atoms with van der Waals surface area (Å²) in [7, 11) is 3.24. The number of aromatic carboxylic acids is 1. The first-order valence-electron chi connectivity index (χ1n) is 11.3. The molecule has 1 heterocycles. The molecule has 4 aromatic rings. The first-order valence-corrected chi connectivity index (χ1v) is 11.3. The minimum atomic E-state index is -0.948. The number of carboxylic acids is 1. The molecular weight excluding hydrogens is 428 g/mol. The van der Waals surface area contributed by atoms with E-state index in [1.165, 1.54) is 5.56 Å². The number of carbonyl (C=O) groups is 1. The lowest BCUT2D eigenvalue weighted by Gasteiger charge is -2.14. The molecule has 0 spiro atoms. The van der Waals surface area contributed by atoms with Crippen molar-refractivity contribution in [2.75, 3.05) is 20.8 Å². The van der Waals surface area contributed by atoms with Crippen molar-refractivity contribution in [2.24, 2.45) is 0 Å². The molecule has 0 bridgehead atoms. The molecular formula is C28H30N2O4. The third kappa shape index (κ3) is 4.92. The highest BCUT2D eigenvalue weighted by molar-refractivity contribution is 5.98. The normalized spacial score (nSPS) is 12.0. The molecule has 0 saturated heterocycles. The van der Waals surface area contributed by atoms with Crippen LogP contribution in [0.1, 0.15) is 40.0 Å². The number of nitrogens with one attached hydrogen (secondary N) is 1. The van der Waals surface area contributed by atoms with Gasteiger partial charge in [-0.1, -0.05) is 49.4 Å². The number of methoxy groups -OCH3 is 2. The Morgan fingerprint density at radius 3 is 2.29 bits per heavy atom. The summed E-state index contributed by atoms with van der Waals surface area (Å²) in [5, 5.41) is 14.6. The maximum Gasteiger partial charge on any atom is 0.352 e. The van der Waals surface area contributed by atoms with Crippen LogP contribution in [0.4, 0.5) is 0 Å². The third-order valence-corrected chi connectivity index (χ3v) is 6.20. The van der Waals surface area contributed by atoms with E-state index in [1.807, 2.05) is 65.2 Å². The first-order chi connectivity index (χ1) is 16.5. The smallest absolute Gasteiger partial charge is 0.352 e. The molecule has 176 valence electrons. The monoisotopic (exact) mass is 458 g/mol. The van der Waals surface area contributed by atoms with Crippen LogP contribution in [0.2, 0.25) is 0 Å². The standard InChI is InChI=1S/C28H30N2O4/c1-19(21-7-5-4-6-8-21)16-29-17-25-24-14-13-23(34-3)15-26(24)30(27(25)28(31)32)18-20-9-11-22(33-2)12-10-20/h4-15,19,29H,16-18H2,1-3H3,(H,31,32)/t19-/m1/s1. The molecule has 4 rings (SSSR count). The van der Waals surface area contributed by atoms with Gasteiger partial charge in [-0.05, 0) is 41.3 Å². The second-order valence-corrected chi connectivity index (χ2v) is 8.39. The zero-order chi connectivity index (χ0) is 24.1. The lowest BCUT2D eigenvalue weighted by atomic mass is 10.0. The summed E-state index contributed by atoms with van der Waals surface area (Å²) < 4.78 is 12.6. The second kappa shape index (κ2) is 10.4. The van der Waals surface area contributed by atoms with Crippen molar-refractivity contribution in [2.45, 2.75) is 25.9 Å². The molecule has 0 saturated carbocycles. The molecule has 0 unspecified atom stereocenters. The number of carboxylic acid groups (broad SMARTS) is 1. The van der Waals surface area contributed by atoms with Crippen LogP contribution >= 0.6 is 0 Å². The lowest BCUT2D eigenvalue weighted by Crippen LogP contribution is -2.21. The summed E-state index contributed by atoms with van der Waals surface area (Å²) in [6.07, 6.45) is 0. The summed E-state index contributed by atoms with van der Waals surface area (Å²) in [5.41, 5.74) is 4.14. The van der Waals surface area contributed by atoms with E-state index in [-0.39, 0.29) is 0 Å². The van der Waals surface area contributed by atoms with Crippen LogP contribution in [0.25, 0.3) is 10.9 Å². The van der Waals surface area contributed by atoms with Gasteiger partial charge in [-0.3, -0.25) is 0 Å². The van der Waals surface area contributed by atoms with Crippen LogP contribution < -0.4 is 14.8 Å². The lowest BCUT2D eigenvalue weighted by molar-refractivity contribution is 0.0684. The van der Waals surface area contributed by atoms with Crippen molar-refractivity contribution in [3.63, 3.8) is 0 Å². The number of ether oxygens (including phenoxy) is 2. The van der Waals surface area contributed by atoms with Gasteiger partial charge in [0.2, 0.25) is 0 Å². The minimum absolute atomic E-state index is 0.291. The van der Waals surface area contributed by atoms with Gasteiger partial charge in [-0.25, -0.2) is 4.79 Å². The van der Waals surface area contributed by atoms with Gasteiger partial charge >= 0.3 is 5.97 Å². The predicted octanol–water partition coefficient (Wildman–Crippen LogP) is 5.30. The molecule has 1 aromatic heterocycles. The zero-order valence-electron chi connectivity index (χ0n) is 19.7. The van der Waals surface area contributed by atoms with Crippen molar-refractivity contribution >= 4 is 16.9 Å². The van der Waals surface area contributed by atoms with Gasteiger partial charge in [-0.2, -0.15) is 0 Å². The number of benzene rings is 3. The molecule has 2 N–H and O–H groups in total. The van der Waals surface area contributed by atoms with Gasteiger partial charge in [0, 0.05) is 36.7 Å². The van der Waals surface area contributed by atoms with E-state index in [0.29, 0.717) is 30.5 Å². The van der Waals surface area contributed by atoms with Gasteiger partial charge in [0.05, 0.1) is 19.7 Å². The zero-order valence-corrected chi connectivity index (χ0v) is 19.7. The van der Waals surface area contributed by atoms with Gasteiger partial charge < -0.3 is 24.5 Å². The number of fused-ring (bicyclic) bond motifs is 1. The SMILES string of the molecule is COc1ccc(Cn2c(C(=O)O)c(CNC[C@@H](C)c3ccccc3)c3ccc(OC)cc32)cc1. The Kier molecular flexibility index (Phi) is 7.18. The van der Waals surface area contributed by atoms with Crippen LogP contribution in [0.3, 0.4) is 0 Å². The molecule has 0 fully saturated rings. The van der Waals surface area contributed by atoms with Gasteiger partial charge in [0.15, 0.2) is 0 Å². The van der Waals surface area contributed by atoms with E-state index in [0.717, 1.165) is 34.3 Å². The average Bonchev–Trinajstić information content (AvgIpc) is 3.17. The fourth-order valence-corrected chi connectivity index (χ4v) is 4.34. The molecule has 3 aromatic carbocycles. The van der Waals surface area contributed by atoms with Crippen LogP contribution in [0.15, 0.2) is 72.8 Å². The van der Waals surface area contributed by atoms with Gasteiger partial charge in [0.25, 0.3) is 0 Å². The molecule has 0 amide bonds. The summed E-state index contributed by atoms with van der Waals surface area (Å²) >= 11 is 0. The number of hydrogen-bond donors (Lipinski definition) is 2. The number of nitrogens with zero attached hydrogens (tertiary/aromatic N) is 1. The minimum Gasteiger partial charge on any atom is -0.497 e. The van der Waals surface area contributed by atoms with Crippen molar-refractivity contribution in [1.29, 1.82) is 0 Å². The van der Waals surface area contributed by atoms with Crippen molar-refractivity contribution in [3.05, 3.63) is 95.2 Å². The molecule has 6 nitrogen and oxygen atoms in total. The van der Waals surface area contributed by atoms with E-state index in [1.54, 1.807) is 14.2 Å². The van der Waals surface area contributed by atoms with Gasteiger partial charge in [0.1, 0.15) is 17.2 Å². The fraction of sp³-hybridized carbons (Fsp3) is 0.250. The van der Waals surface area contributed by atoms with Crippen molar-refractivity contribution in [3.8, 4) is 11.5 Å². The second-order valence-electron chi connectivity index (χ2n) is 8.39. The summed E-state index contributed by atoms with van der Waals surface area (Å²) in [6.45, 7) is 3.79. The van der Waals surface area contributed by atoms with Crippen molar-refractivity contribution < 1.29 is 19.4 Å². The molecule has 0 aliphatic carbocycles. The number of rotatable bonds is 10. The van der Waals surface area contributed by atoms with E-state index in [4.69, 9.17) is 9.47 Å². The fourth-order valence-electron chi connectivity index (χ4n) is 4.34. The Morgan fingerprint density at radius 2 is 1.65 bits per heavy atom. The number of aromatic nitrogens is 1. The largest absolute Gasteiger partial charge is 0.497 e. The first kappa shape index (κ1) is 23.4. The molecule has 0 radical (unpaired) electrons. The Bertz CT molecular complexity index is 1260. The van der Waals surface area contributed by atoms with Crippen LogP contribution in [-0.4, -0.2) is 36.4 Å². The van der Waals surface area contributed by atoms with Crippen LogP contribution in [-0.2, 0) is 13.1 Å².